The summed E-state index contributed by atoms with van der Waals surface area (Å²) >= 11 is 12.1. The first kappa shape index (κ1) is 14.9. The molecule has 1 aromatic heterocycles. The lowest BCUT2D eigenvalue weighted by Gasteiger charge is -2.17. The Hall–Kier alpha value is -1.52. The highest BCUT2D eigenvalue weighted by Gasteiger charge is 2.15. The van der Waals surface area contributed by atoms with Crippen LogP contribution in [0.1, 0.15) is 25.3 Å². The van der Waals surface area contributed by atoms with Crippen LogP contribution in [0, 0.1) is 0 Å². The van der Waals surface area contributed by atoms with Crippen molar-refractivity contribution in [1.29, 1.82) is 0 Å². The molecule has 0 aliphatic heterocycles. The molecule has 0 spiro atoms. The molecule has 1 aromatic carbocycles. The van der Waals surface area contributed by atoms with Crippen LogP contribution >= 0.6 is 23.2 Å². The van der Waals surface area contributed by atoms with Crippen molar-refractivity contribution in [2.75, 3.05) is 17.7 Å². The van der Waals surface area contributed by atoms with E-state index in [-0.39, 0.29) is 5.92 Å². The number of anilines is 3. The quantitative estimate of drug-likeness (QED) is 0.860. The molecule has 0 saturated heterocycles. The molecule has 1 heterocycles. The monoisotopic (exact) mass is 310 g/mol. The van der Waals surface area contributed by atoms with Crippen LogP contribution in [0.5, 0.6) is 0 Å². The standard InChI is InChI=1S/C14H16Cl2N4/c1-8(2)12-13(17-3)18-7-19-14(12)20-11-5-4-9(15)6-10(11)16/h4-8H,1-3H3,(H2,17,18,19,20). The zero-order chi connectivity index (χ0) is 14.7. The Balaban J connectivity index is 2.43. The SMILES string of the molecule is CNc1ncnc(Nc2ccc(Cl)cc2Cl)c1C(C)C. The molecule has 0 bridgehead atoms. The molecule has 0 amide bonds. The number of aromatic nitrogens is 2. The van der Waals surface area contributed by atoms with E-state index in [1.807, 2.05) is 13.1 Å². The van der Waals surface area contributed by atoms with Crippen LogP contribution in [0.15, 0.2) is 24.5 Å². The van der Waals surface area contributed by atoms with Crippen LogP contribution in [-0.2, 0) is 0 Å². The summed E-state index contributed by atoms with van der Waals surface area (Å²) in [6.45, 7) is 4.18. The predicted molar refractivity (Wildman–Crippen MR) is 85.4 cm³/mol. The molecule has 6 heteroatoms. The summed E-state index contributed by atoms with van der Waals surface area (Å²) in [6.07, 6.45) is 1.52. The van der Waals surface area contributed by atoms with Gasteiger partial charge in [-0.1, -0.05) is 37.0 Å². The summed E-state index contributed by atoms with van der Waals surface area (Å²) < 4.78 is 0. The van der Waals surface area contributed by atoms with Gasteiger partial charge in [0.05, 0.1) is 10.7 Å². The van der Waals surface area contributed by atoms with Crippen LogP contribution in [0.25, 0.3) is 0 Å². The fourth-order valence-electron chi connectivity index (χ4n) is 1.96. The van der Waals surface area contributed by atoms with Crippen molar-refractivity contribution in [3.05, 3.63) is 40.1 Å². The minimum atomic E-state index is 0.271. The van der Waals surface area contributed by atoms with E-state index in [0.717, 1.165) is 22.9 Å². The molecule has 2 rings (SSSR count). The van der Waals surface area contributed by atoms with Crippen molar-refractivity contribution in [3.8, 4) is 0 Å². The van der Waals surface area contributed by atoms with E-state index in [0.29, 0.717) is 10.0 Å². The Morgan fingerprint density at radius 2 is 1.80 bits per heavy atom. The van der Waals surface area contributed by atoms with Crippen molar-refractivity contribution in [3.63, 3.8) is 0 Å². The van der Waals surface area contributed by atoms with Crippen LogP contribution in [0.3, 0.4) is 0 Å². The maximum atomic E-state index is 6.18. The fourth-order valence-corrected chi connectivity index (χ4v) is 2.42. The molecule has 4 nitrogen and oxygen atoms in total. The van der Waals surface area contributed by atoms with Crippen molar-refractivity contribution in [2.45, 2.75) is 19.8 Å². The molecule has 0 fully saturated rings. The second-order valence-corrected chi connectivity index (χ2v) is 5.48. The lowest BCUT2D eigenvalue weighted by atomic mass is 10.0. The summed E-state index contributed by atoms with van der Waals surface area (Å²) in [6, 6.07) is 5.31. The van der Waals surface area contributed by atoms with E-state index >= 15 is 0 Å². The average Bonchev–Trinajstić information content (AvgIpc) is 2.41. The van der Waals surface area contributed by atoms with Crippen LogP contribution in [0.4, 0.5) is 17.3 Å². The summed E-state index contributed by atoms with van der Waals surface area (Å²) in [7, 11) is 1.84. The Kier molecular flexibility index (Phi) is 4.68. The Morgan fingerprint density at radius 3 is 2.40 bits per heavy atom. The molecule has 0 aliphatic carbocycles. The third kappa shape index (κ3) is 3.14. The largest absolute Gasteiger partial charge is 0.373 e. The zero-order valence-electron chi connectivity index (χ0n) is 11.5. The Bertz CT molecular complexity index is 614. The molecular weight excluding hydrogens is 295 g/mol. The molecule has 2 N–H and O–H groups in total. The first-order valence-electron chi connectivity index (χ1n) is 6.27. The summed E-state index contributed by atoms with van der Waals surface area (Å²) in [5.41, 5.74) is 1.78. The van der Waals surface area contributed by atoms with E-state index in [1.54, 1.807) is 12.1 Å². The second-order valence-electron chi connectivity index (χ2n) is 4.64. The van der Waals surface area contributed by atoms with Gasteiger partial charge in [-0.25, -0.2) is 9.97 Å². The van der Waals surface area contributed by atoms with Crippen LogP contribution < -0.4 is 10.6 Å². The molecule has 2 aromatic rings. The number of benzene rings is 1. The number of rotatable bonds is 4. The normalized spacial score (nSPS) is 10.7. The topological polar surface area (TPSA) is 49.8 Å². The lowest BCUT2D eigenvalue weighted by Crippen LogP contribution is -2.07. The number of hydrogen-bond donors (Lipinski definition) is 2. The first-order chi connectivity index (χ1) is 9.52. The van der Waals surface area contributed by atoms with E-state index < -0.39 is 0 Å². The zero-order valence-corrected chi connectivity index (χ0v) is 13.0. The number of hydrogen-bond acceptors (Lipinski definition) is 4. The Morgan fingerprint density at radius 1 is 1.10 bits per heavy atom. The molecule has 0 unspecified atom stereocenters. The van der Waals surface area contributed by atoms with Crippen LogP contribution in [-0.4, -0.2) is 17.0 Å². The van der Waals surface area contributed by atoms with Gasteiger partial charge in [0.25, 0.3) is 0 Å². The second kappa shape index (κ2) is 6.29. The minimum Gasteiger partial charge on any atom is -0.373 e. The number of nitrogens with one attached hydrogen (secondary N) is 2. The van der Waals surface area contributed by atoms with Crippen molar-refractivity contribution in [2.24, 2.45) is 0 Å². The molecule has 0 radical (unpaired) electrons. The predicted octanol–water partition coefficient (Wildman–Crippen LogP) is 4.69. The molecule has 20 heavy (non-hydrogen) atoms. The highest BCUT2D eigenvalue weighted by molar-refractivity contribution is 6.36. The average molecular weight is 311 g/mol. The molecule has 0 aliphatic rings. The first-order valence-corrected chi connectivity index (χ1v) is 7.03. The summed E-state index contributed by atoms with van der Waals surface area (Å²) in [4.78, 5) is 8.55. The lowest BCUT2D eigenvalue weighted by molar-refractivity contribution is 0.852. The van der Waals surface area contributed by atoms with Crippen molar-refractivity contribution >= 4 is 40.5 Å². The van der Waals surface area contributed by atoms with Crippen molar-refractivity contribution in [1.82, 2.24) is 9.97 Å². The maximum Gasteiger partial charge on any atom is 0.139 e. The van der Waals surface area contributed by atoms with Gasteiger partial charge in [-0.3, -0.25) is 0 Å². The number of nitrogens with zero attached hydrogens (tertiary/aromatic N) is 2. The van der Waals surface area contributed by atoms with E-state index in [2.05, 4.69) is 34.4 Å². The van der Waals surface area contributed by atoms with Gasteiger partial charge in [0.1, 0.15) is 18.0 Å². The molecular formula is C14H16Cl2N4. The van der Waals surface area contributed by atoms with Gasteiger partial charge in [-0.05, 0) is 24.1 Å². The molecule has 0 saturated carbocycles. The minimum absolute atomic E-state index is 0.271. The van der Waals surface area contributed by atoms with Gasteiger partial charge in [0.2, 0.25) is 0 Å². The highest BCUT2D eigenvalue weighted by atomic mass is 35.5. The molecule has 0 atom stereocenters. The van der Waals surface area contributed by atoms with Gasteiger partial charge in [0, 0.05) is 17.6 Å². The van der Waals surface area contributed by atoms with Crippen molar-refractivity contribution < 1.29 is 0 Å². The van der Waals surface area contributed by atoms with Gasteiger partial charge in [0.15, 0.2) is 0 Å². The maximum absolute atomic E-state index is 6.18. The Labute approximate surface area is 128 Å². The van der Waals surface area contributed by atoms with Gasteiger partial charge in [-0.2, -0.15) is 0 Å². The highest BCUT2D eigenvalue weighted by Crippen LogP contribution is 2.33. The third-order valence-corrected chi connectivity index (χ3v) is 3.43. The van der Waals surface area contributed by atoms with E-state index in [1.165, 1.54) is 6.33 Å². The van der Waals surface area contributed by atoms with Gasteiger partial charge in [-0.15, -0.1) is 0 Å². The van der Waals surface area contributed by atoms with Gasteiger partial charge >= 0.3 is 0 Å². The fraction of sp³-hybridized carbons (Fsp3) is 0.286. The van der Waals surface area contributed by atoms with E-state index in [9.17, 15) is 0 Å². The van der Waals surface area contributed by atoms with E-state index in [4.69, 9.17) is 23.2 Å². The number of halogens is 2. The molecule has 106 valence electrons. The summed E-state index contributed by atoms with van der Waals surface area (Å²) in [5.74, 6) is 1.82. The van der Waals surface area contributed by atoms with Crippen LogP contribution in [0.2, 0.25) is 10.0 Å². The van der Waals surface area contributed by atoms with Gasteiger partial charge < -0.3 is 10.6 Å². The third-order valence-electron chi connectivity index (χ3n) is 2.88. The smallest absolute Gasteiger partial charge is 0.139 e. The summed E-state index contributed by atoms with van der Waals surface area (Å²) in [5, 5.41) is 7.48.